The summed E-state index contributed by atoms with van der Waals surface area (Å²) in [5, 5.41) is 3.98. The van der Waals surface area contributed by atoms with Crippen molar-refractivity contribution in [1.82, 2.24) is 15.1 Å². The van der Waals surface area contributed by atoms with Crippen molar-refractivity contribution in [2.24, 2.45) is 0 Å². The number of hydrogen-bond acceptors (Lipinski definition) is 4. The van der Waals surface area contributed by atoms with Gasteiger partial charge in [0.1, 0.15) is 0 Å². The van der Waals surface area contributed by atoms with Gasteiger partial charge in [-0.15, -0.1) is 0 Å². The van der Waals surface area contributed by atoms with E-state index in [1.807, 2.05) is 29.2 Å². The van der Waals surface area contributed by atoms with E-state index in [-0.39, 0.29) is 12.1 Å². The number of benzene rings is 1. The number of rotatable bonds is 3. The lowest BCUT2D eigenvalue weighted by Crippen LogP contribution is -2.48. The third-order valence-corrected chi connectivity index (χ3v) is 5.97. The zero-order valence-corrected chi connectivity index (χ0v) is 15.8. The molecule has 3 heterocycles. The average molecular weight is 379 g/mol. The molecule has 0 radical (unpaired) electrons. The molecular weight excluding hydrogens is 352 g/mol. The van der Waals surface area contributed by atoms with E-state index in [1.165, 1.54) is 5.69 Å². The fourth-order valence-electron chi connectivity index (χ4n) is 4.20. The topological polar surface area (TPSA) is 48.1 Å². The molecule has 26 heavy (non-hydrogen) atoms. The van der Waals surface area contributed by atoms with E-state index >= 15 is 0 Å². The predicted molar refractivity (Wildman–Crippen MR) is 103 cm³/mol. The molecular formula is C19H27ClN4O2. The standard InChI is InChI=1S/C19H27ClN4O2/c20-15-1-3-17(4-2-15)23-7-5-16(13-23)21-19(25)24-8-6-18(14-24)22-9-11-26-12-10-22/h1-4,16,18H,5-14H2,(H,21,25). The van der Waals surface area contributed by atoms with E-state index in [2.05, 4.69) is 15.1 Å². The molecule has 3 aliphatic rings. The van der Waals surface area contributed by atoms with Gasteiger partial charge in [0, 0.05) is 62.1 Å². The zero-order chi connectivity index (χ0) is 17.9. The van der Waals surface area contributed by atoms with Crippen LogP contribution in [0, 0.1) is 0 Å². The van der Waals surface area contributed by atoms with E-state index in [1.54, 1.807) is 0 Å². The van der Waals surface area contributed by atoms with E-state index in [0.717, 1.165) is 70.3 Å². The van der Waals surface area contributed by atoms with Crippen molar-refractivity contribution in [2.75, 3.05) is 57.4 Å². The van der Waals surface area contributed by atoms with E-state index in [4.69, 9.17) is 16.3 Å². The molecule has 2 unspecified atom stereocenters. The average Bonchev–Trinajstić information content (AvgIpc) is 3.33. The number of carbonyl (C=O) groups is 1. The van der Waals surface area contributed by atoms with E-state index in [0.29, 0.717) is 6.04 Å². The van der Waals surface area contributed by atoms with Crippen LogP contribution >= 0.6 is 11.6 Å². The highest BCUT2D eigenvalue weighted by Gasteiger charge is 2.33. The van der Waals surface area contributed by atoms with Gasteiger partial charge in [-0.2, -0.15) is 0 Å². The number of urea groups is 1. The number of morpholine rings is 1. The van der Waals surface area contributed by atoms with Crippen molar-refractivity contribution < 1.29 is 9.53 Å². The number of halogens is 1. The Morgan fingerprint density at radius 3 is 2.58 bits per heavy atom. The molecule has 1 aromatic rings. The lowest BCUT2D eigenvalue weighted by Gasteiger charge is -2.32. The van der Waals surface area contributed by atoms with Crippen LogP contribution in [0.15, 0.2) is 24.3 Å². The minimum absolute atomic E-state index is 0.0868. The zero-order valence-electron chi connectivity index (χ0n) is 15.1. The summed E-state index contributed by atoms with van der Waals surface area (Å²) in [6.45, 7) is 7.09. The maximum atomic E-state index is 12.7. The van der Waals surface area contributed by atoms with E-state index < -0.39 is 0 Å². The Bertz CT molecular complexity index is 620. The molecule has 2 amide bonds. The summed E-state index contributed by atoms with van der Waals surface area (Å²) in [7, 11) is 0. The maximum Gasteiger partial charge on any atom is 0.317 e. The molecule has 6 nitrogen and oxygen atoms in total. The quantitative estimate of drug-likeness (QED) is 0.874. The monoisotopic (exact) mass is 378 g/mol. The molecule has 1 aromatic carbocycles. The maximum absolute atomic E-state index is 12.7. The van der Waals surface area contributed by atoms with Crippen molar-refractivity contribution in [3.05, 3.63) is 29.3 Å². The van der Waals surface area contributed by atoms with Gasteiger partial charge in [0.15, 0.2) is 0 Å². The first-order valence-electron chi connectivity index (χ1n) is 9.57. The third-order valence-electron chi connectivity index (χ3n) is 5.72. The Morgan fingerprint density at radius 2 is 1.81 bits per heavy atom. The molecule has 0 saturated carbocycles. The fraction of sp³-hybridized carbons (Fsp3) is 0.632. The van der Waals surface area contributed by atoms with Crippen LogP contribution in [0.25, 0.3) is 0 Å². The van der Waals surface area contributed by atoms with Gasteiger partial charge in [-0.3, -0.25) is 4.90 Å². The van der Waals surface area contributed by atoms with Crippen LogP contribution in [0.2, 0.25) is 5.02 Å². The molecule has 0 spiro atoms. The number of anilines is 1. The highest BCUT2D eigenvalue weighted by Crippen LogP contribution is 2.23. The Kier molecular flexibility index (Phi) is 5.52. The SMILES string of the molecule is O=C(NC1CCN(c2ccc(Cl)cc2)C1)N1CCC(N2CCOCC2)C1. The molecule has 3 aliphatic heterocycles. The molecule has 7 heteroatoms. The molecule has 1 N–H and O–H groups in total. The minimum Gasteiger partial charge on any atom is -0.379 e. The van der Waals surface area contributed by atoms with Crippen molar-refractivity contribution in [2.45, 2.75) is 24.9 Å². The summed E-state index contributed by atoms with van der Waals surface area (Å²) in [6, 6.07) is 8.69. The summed E-state index contributed by atoms with van der Waals surface area (Å²) >= 11 is 5.96. The number of nitrogens with one attached hydrogen (secondary N) is 1. The van der Waals surface area contributed by atoms with Gasteiger partial charge in [-0.1, -0.05) is 11.6 Å². The summed E-state index contributed by atoms with van der Waals surface area (Å²) in [5.41, 5.74) is 1.17. The Balaban J connectivity index is 1.25. The summed E-state index contributed by atoms with van der Waals surface area (Å²) in [6.07, 6.45) is 2.05. The number of carbonyl (C=O) groups excluding carboxylic acids is 1. The second-order valence-electron chi connectivity index (χ2n) is 7.39. The number of likely N-dealkylation sites (tertiary alicyclic amines) is 1. The van der Waals surface area contributed by atoms with Crippen molar-refractivity contribution in [3.8, 4) is 0 Å². The lowest BCUT2D eigenvalue weighted by atomic mass is 10.2. The molecule has 0 aliphatic carbocycles. The number of hydrogen-bond donors (Lipinski definition) is 1. The summed E-state index contributed by atoms with van der Waals surface area (Å²) in [4.78, 5) is 19.4. The third kappa shape index (κ3) is 4.08. The van der Waals surface area contributed by atoms with Gasteiger partial charge >= 0.3 is 6.03 Å². The lowest BCUT2D eigenvalue weighted by molar-refractivity contribution is 0.0191. The van der Waals surface area contributed by atoms with Crippen LogP contribution in [-0.2, 0) is 4.74 Å². The highest BCUT2D eigenvalue weighted by atomic mass is 35.5. The van der Waals surface area contributed by atoms with Gasteiger partial charge in [0.25, 0.3) is 0 Å². The van der Waals surface area contributed by atoms with Crippen molar-refractivity contribution >= 4 is 23.3 Å². The number of nitrogens with zero attached hydrogens (tertiary/aromatic N) is 3. The van der Waals surface area contributed by atoms with Crippen LogP contribution in [0.1, 0.15) is 12.8 Å². The van der Waals surface area contributed by atoms with Crippen LogP contribution in [0.4, 0.5) is 10.5 Å². The second-order valence-corrected chi connectivity index (χ2v) is 7.83. The molecule has 2 atom stereocenters. The summed E-state index contributed by atoms with van der Waals surface area (Å²) in [5.74, 6) is 0. The van der Waals surface area contributed by atoms with Gasteiger partial charge < -0.3 is 19.9 Å². The van der Waals surface area contributed by atoms with Crippen LogP contribution in [-0.4, -0.2) is 80.4 Å². The molecule has 142 valence electrons. The number of ether oxygens (including phenoxy) is 1. The van der Waals surface area contributed by atoms with Crippen molar-refractivity contribution in [3.63, 3.8) is 0 Å². The first-order chi connectivity index (χ1) is 12.7. The Morgan fingerprint density at radius 1 is 1.04 bits per heavy atom. The normalized spacial score (nSPS) is 27.1. The molecule has 0 aromatic heterocycles. The predicted octanol–water partition coefficient (Wildman–Crippen LogP) is 2.03. The van der Waals surface area contributed by atoms with Gasteiger partial charge in [0.05, 0.1) is 13.2 Å². The van der Waals surface area contributed by atoms with Crippen molar-refractivity contribution in [1.29, 1.82) is 0 Å². The highest BCUT2D eigenvalue weighted by molar-refractivity contribution is 6.30. The molecule has 4 rings (SSSR count). The van der Waals surface area contributed by atoms with E-state index in [9.17, 15) is 4.79 Å². The second kappa shape index (κ2) is 8.03. The molecule has 3 saturated heterocycles. The first kappa shape index (κ1) is 17.9. The van der Waals surface area contributed by atoms with Gasteiger partial charge in [-0.05, 0) is 37.1 Å². The Hall–Kier alpha value is -1.50. The molecule has 0 bridgehead atoms. The van der Waals surface area contributed by atoms with Gasteiger partial charge in [0.2, 0.25) is 0 Å². The smallest absolute Gasteiger partial charge is 0.317 e. The summed E-state index contributed by atoms with van der Waals surface area (Å²) < 4.78 is 5.43. The largest absolute Gasteiger partial charge is 0.379 e. The minimum atomic E-state index is 0.0868. The number of amides is 2. The molecule has 3 fully saturated rings. The fourth-order valence-corrected chi connectivity index (χ4v) is 4.32. The Labute approximate surface area is 160 Å². The van der Waals surface area contributed by atoms with Gasteiger partial charge in [-0.25, -0.2) is 4.79 Å². The van der Waals surface area contributed by atoms with Crippen LogP contribution in [0.5, 0.6) is 0 Å². The van der Waals surface area contributed by atoms with Crippen LogP contribution in [0.3, 0.4) is 0 Å². The first-order valence-corrected chi connectivity index (χ1v) is 9.94. The van der Waals surface area contributed by atoms with Crippen LogP contribution < -0.4 is 10.2 Å².